The fourth-order valence-electron chi connectivity index (χ4n) is 2.33. The summed E-state index contributed by atoms with van der Waals surface area (Å²) in [5, 5.41) is 13.2. The largest absolute Gasteiger partial charge is 0.493 e. The second kappa shape index (κ2) is 9.52. The van der Waals surface area contributed by atoms with Crippen molar-refractivity contribution in [3.05, 3.63) is 58.6 Å². The summed E-state index contributed by atoms with van der Waals surface area (Å²) in [6.07, 6.45) is 0.883. The van der Waals surface area contributed by atoms with E-state index in [2.05, 4.69) is 5.32 Å². The summed E-state index contributed by atoms with van der Waals surface area (Å²) in [5.41, 5.74) is 2.08. The normalized spacial score (nSPS) is 12.0. The Hall–Kier alpha value is -1.75. The zero-order valence-electron chi connectivity index (χ0n) is 14.1. The molecule has 0 aliphatic carbocycles. The Balaban J connectivity index is 2.00. The summed E-state index contributed by atoms with van der Waals surface area (Å²) in [5.74, 6) is 1.38. The van der Waals surface area contributed by atoms with Crippen molar-refractivity contribution in [2.75, 3.05) is 13.7 Å². The third-order valence-corrected chi connectivity index (χ3v) is 4.05. The zero-order chi connectivity index (χ0) is 17.4. The van der Waals surface area contributed by atoms with Gasteiger partial charge >= 0.3 is 0 Å². The first kappa shape index (κ1) is 18.6. The van der Waals surface area contributed by atoms with E-state index >= 15 is 0 Å². The molecule has 130 valence electrons. The van der Waals surface area contributed by atoms with E-state index in [-0.39, 0.29) is 12.6 Å². The molecule has 0 spiro atoms. The number of methoxy groups -OCH3 is 1. The Morgan fingerprint density at radius 3 is 2.62 bits per heavy atom. The number of ether oxygens (including phenoxy) is 2. The van der Waals surface area contributed by atoms with Gasteiger partial charge in [-0.05, 0) is 41.8 Å². The van der Waals surface area contributed by atoms with Crippen LogP contribution in [0.3, 0.4) is 0 Å². The Kier molecular flexibility index (Phi) is 7.37. The first-order valence-electron chi connectivity index (χ1n) is 8.04. The summed E-state index contributed by atoms with van der Waals surface area (Å²) in [6.45, 7) is 3.27. The second-order valence-corrected chi connectivity index (χ2v) is 6.01. The van der Waals surface area contributed by atoms with Gasteiger partial charge in [-0.25, -0.2) is 0 Å². The highest BCUT2D eigenvalue weighted by Gasteiger charge is 2.08. The van der Waals surface area contributed by atoms with Crippen LogP contribution < -0.4 is 14.8 Å². The number of rotatable bonds is 9. The Labute approximate surface area is 148 Å². The quantitative estimate of drug-likeness (QED) is 0.723. The van der Waals surface area contributed by atoms with Gasteiger partial charge in [-0.3, -0.25) is 0 Å². The molecule has 0 unspecified atom stereocenters. The van der Waals surface area contributed by atoms with E-state index < -0.39 is 0 Å². The predicted octanol–water partition coefficient (Wildman–Crippen LogP) is 3.79. The molecular formula is C19H24ClNO3. The van der Waals surface area contributed by atoms with Gasteiger partial charge in [0.2, 0.25) is 0 Å². The fraction of sp³-hybridized carbons (Fsp3) is 0.368. The molecule has 0 fully saturated rings. The first-order valence-corrected chi connectivity index (χ1v) is 8.42. The Morgan fingerprint density at radius 2 is 1.96 bits per heavy atom. The molecule has 0 amide bonds. The van der Waals surface area contributed by atoms with Crippen LogP contribution in [0.25, 0.3) is 0 Å². The van der Waals surface area contributed by atoms with Crippen molar-refractivity contribution < 1.29 is 14.6 Å². The number of halogens is 1. The molecule has 24 heavy (non-hydrogen) atoms. The summed E-state index contributed by atoms with van der Waals surface area (Å²) in [4.78, 5) is 0. The molecular weight excluding hydrogens is 326 g/mol. The molecule has 2 aromatic carbocycles. The predicted molar refractivity (Wildman–Crippen MR) is 96.8 cm³/mol. The molecule has 0 radical (unpaired) electrons. The van der Waals surface area contributed by atoms with E-state index in [0.717, 1.165) is 17.5 Å². The third-order valence-electron chi connectivity index (χ3n) is 3.82. The van der Waals surface area contributed by atoms with E-state index in [9.17, 15) is 5.11 Å². The number of aliphatic hydroxyl groups is 1. The zero-order valence-corrected chi connectivity index (χ0v) is 14.8. The number of hydrogen-bond acceptors (Lipinski definition) is 4. The maximum atomic E-state index is 9.23. The van der Waals surface area contributed by atoms with Crippen LogP contribution in [0.1, 0.15) is 24.5 Å². The lowest BCUT2D eigenvalue weighted by molar-refractivity contribution is 0.238. The average molecular weight is 350 g/mol. The van der Waals surface area contributed by atoms with Gasteiger partial charge in [0.05, 0.1) is 13.7 Å². The smallest absolute Gasteiger partial charge is 0.161 e. The van der Waals surface area contributed by atoms with Crippen LogP contribution in [0.2, 0.25) is 5.02 Å². The highest BCUT2D eigenvalue weighted by molar-refractivity contribution is 6.30. The van der Waals surface area contributed by atoms with Gasteiger partial charge < -0.3 is 19.9 Å². The van der Waals surface area contributed by atoms with Crippen molar-refractivity contribution in [2.45, 2.75) is 32.5 Å². The van der Waals surface area contributed by atoms with E-state index in [4.69, 9.17) is 21.1 Å². The van der Waals surface area contributed by atoms with Crippen molar-refractivity contribution >= 4 is 11.6 Å². The van der Waals surface area contributed by atoms with Crippen LogP contribution in [-0.4, -0.2) is 24.9 Å². The molecule has 0 bridgehead atoms. The lowest BCUT2D eigenvalue weighted by atomic mass is 10.1. The van der Waals surface area contributed by atoms with Crippen molar-refractivity contribution in [1.29, 1.82) is 0 Å². The minimum Gasteiger partial charge on any atom is -0.493 e. The van der Waals surface area contributed by atoms with Gasteiger partial charge in [-0.1, -0.05) is 36.7 Å². The van der Waals surface area contributed by atoms with Crippen molar-refractivity contribution in [2.24, 2.45) is 0 Å². The highest BCUT2D eigenvalue weighted by Crippen LogP contribution is 2.29. The van der Waals surface area contributed by atoms with Crippen LogP contribution in [0.4, 0.5) is 0 Å². The number of aliphatic hydroxyl groups excluding tert-OH is 1. The van der Waals surface area contributed by atoms with E-state index in [1.807, 2.05) is 49.4 Å². The molecule has 1 atom stereocenters. The lowest BCUT2D eigenvalue weighted by Gasteiger charge is -2.16. The summed E-state index contributed by atoms with van der Waals surface area (Å²) in [6, 6.07) is 13.5. The molecule has 5 heteroatoms. The summed E-state index contributed by atoms with van der Waals surface area (Å²) < 4.78 is 11.3. The Bertz CT molecular complexity index is 644. The fourth-order valence-corrected chi connectivity index (χ4v) is 2.54. The van der Waals surface area contributed by atoms with Crippen LogP contribution in [-0.2, 0) is 13.2 Å². The average Bonchev–Trinajstić information content (AvgIpc) is 2.61. The first-order chi connectivity index (χ1) is 11.7. The van der Waals surface area contributed by atoms with Gasteiger partial charge in [0.1, 0.15) is 6.61 Å². The molecule has 0 aromatic heterocycles. The van der Waals surface area contributed by atoms with Gasteiger partial charge in [-0.15, -0.1) is 0 Å². The van der Waals surface area contributed by atoms with Crippen molar-refractivity contribution in [3.8, 4) is 11.5 Å². The highest BCUT2D eigenvalue weighted by atomic mass is 35.5. The molecule has 0 saturated carbocycles. The van der Waals surface area contributed by atoms with Crippen LogP contribution >= 0.6 is 11.6 Å². The molecule has 2 rings (SSSR count). The van der Waals surface area contributed by atoms with Gasteiger partial charge in [0.25, 0.3) is 0 Å². The van der Waals surface area contributed by atoms with Crippen LogP contribution in [0.15, 0.2) is 42.5 Å². The SMILES string of the molecule is CC[C@@H](CO)NCc1ccc(OCc2cccc(Cl)c2)c(OC)c1. The van der Waals surface area contributed by atoms with Gasteiger partial charge in [0, 0.05) is 17.6 Å². The third kappa shape index (κ3) is 5.41. The topological polar surface area (TPSA) is 50.7 Å². The van der Waals surface area contributed by atoms with E-state index in [1.165, 1.54) is 0 Å². The molecule has 0 aliphatic heterocycles. The molecule has 2 N–H and O–H groups in total. The van der Waals surface area contributed by atoms with Crippen LogP contribution in [0, 0.1) is 0 Å². The minimum atomic E-state index is 0.106. The Morgan fingerprint density at radius 1 is 1.12 bits per heavy atom. The van der Waals surface area contributed by atoms with Crippen molar-refractivity contribution in [1.82, 2.24) is 5.32 Å². The molecule has 2 aromatic rings. The molecule has 0 aliphatic rings. The van der Waals surface area contributed by atoms with E-state index in [1.54, 1.807) is 7.11 Å². The number of nitrogens with one attached hydrogen (secondary N) is 1. The maximum absolute atomic E-state index is 9.23. The lowest BCUT2D eigenvalue weighted by Crippen LogP contribution is -2.31. The summed E-state index contributed by atoms with van der Waals surface area (Å²) in [7, 11) is 1.63. The standard InChI is InChI=1S/C19H24ClNO3/c1-3-17(12-22)21-11-14-7-8-18(19(10-14)23-2)24-13-15-5-4-6-16(20)9-15/h4-10,17,21-22H,3,11-13H2,1-2H3/t17-/m0/s1. The maximum Gasteiger partial charge on any atom is 0.161 e. The number of benzene rings is 2. The summed E-state index contributed by atoms with van der Waals surface area (Å²) >= 11 is 5.99. The monoisotopic (exact) mass is 349 g/mol. The molecule has 0 heterocycles. The minimum absolute atomic E-state index is 0.106. The van der Waals surface area contributed by atoms with Crippen molar-refractivity contribution in [3.63, 3.8) is 0 Å². The molecule has 4 nitrogen and oxygen atoms in total. The van der Waals surface area contributed by atoms with Gasteiger partial charge in [-0.2, -0.15) is 0 Å². The second-order valence-electron chi connectivity index (χ2n) is 5.57. The number of hydrogen-bond donors (Lipinski definition) is 2. The van der Waals surface area contributed by atoms with Gasteiger partial charge in [0.15, 0.2) is 11.5 Å². The van der Waals surface area contributed by atoms with E-state index in [0.29, 0.717) is 29.7 Å². The van der Waals surface area contributed by atoms with Crippen LogP contribution in [0.5, 0.6) is 11.5 Å². The molecule has 0 saturated heterocycles.